The average molecular weight is 276 g/mol. The van der Waals surface area contributed by atoms with Crippen LogP contribution < -0.4 is 11.1 Å². The van der Waals surface area contributed by atoms with Crippen LogP contribution in [-0.4, -0.2) is 31.7 Å². The Morgan fingerprint density at radius 1 is 1.30 bits per heavy atom. The molecule has 1 aliphatic heterocycles. The molecule has 1 aromatic rings. The number of hydrogen-bond donors (Lipinski definition) is 2. The molecule has 1 saturated heterocycles. The molecule has 1 amide bonds. The maximum absolute atomic E-state index is 12.0. The first-order valence-electron chi connectivity index (χ1n) is 7.48. The molecular formula is C16H24N2O2. The van der Waals surface area contributed by atoms with E-state index in [-0.39, 0.29) is 5.91 Å². The Morgan fingerprint density at radius 3 is 2.75 bits per heavy atom. The fourth-order valence-corrected chi connectivity index (χ4v) is 2.47. The van der Waals surface area contributed by atoms with Crippen LogP contribution in [0.1, 0.15) is 41.6 Å². The summed E-state index contributed by atoms with van der Waals surface area (Å²) < 4.78 is 5.64. The molecule has 1 fully saturated rings. The smallest absolute Gasteiger partial charge is 0.251 e. The van der Waals surface area contributed by atoms with Crippen LogP contribution in [0.3, 0.4) is 0 Å². The molecule has 4 nitrogen and oxygen atoms in total. The van der Waals surface area contributed by atoms with Gasteiger partial charge in [0, 0.05) is 18.7 Å². The molecule has 1 atom stereocenters. The third-order valence-electron chi connectivity index (χ3n) is 3.67. The Kier molecular flexibility index (Phi) is 6.02. The summed E-state index contributed by atoms with van der Waals surface area (Å²) in [7, 11) is 0. The van der Waals surface area contributed by atoms with E-state index < -0.39 is 0 Å². The van der Waals surface area contributed by atoms with Gasteiger partial charge in [0.25, 0.3) is 5.91 Å². The highest BCUT2D eigenvalue weighted by Crippen LogP contribution is 2.15. The minimum absolute atomic E-state index is 0.0138. The third kappa shape index (κ3) is 4.62. The molecule has 1 unspecified atom stereocenters. The van der Waals surface area contributed by atoms with Crippen LogP contribution in [0.25, 0.3) is 0 Å². The van der Waals surface area contributed by atoms with Crippen LogP contribution in [0.5, 0.6) is 0 Å². The molecule has 0 aromatic heterocycles. The van der Waals surface area contributed by atoms with Gasteiger partial charge >= 0.3 is 0 Å². The summed E-state index contributed by atoms with van der Waals surface area (Å²) in [5, 5.41) is 2.95. The maximum Gasteiger partial charge on any atom is 0.251 e. The molecule has 4 heteroatoms. The Labute approximate surface area is 120 Å². The topological polar surface area (TPSA) is 64.4 Å². The van der Waals surface area contributed by atoms with E-state index >= 15 is 0 Å². The van der Waals surface area contributed by atoms with Gasteiger partial charge in [-0.2, -0.15) is 0 Å². The highest BCUT2D eigenvalue weighted by atomic mass is 16.5. The minimum atomic E-state index is -0.0138. The number of nitrogens with two attached hydrogens (primary N) is 1. The van der Waals surface area contributed by atoms with Crippen molar-refractivity contribution in [3.05, 3.63) is 35.4 Å². The highest BCUT2D eigenvalue weighted by Gasteiger charge is 2.14. The van der Waals surface area contributed by atoms with Gasteiger partial charge in [0.05, 0.1) is 6.10 Å². The van der Waals surface area contributed by atoms with E-state index in [1.54, 1.807) is 0 Å². The molecule has 2 rings (SSSR count). The normalized spacial score (nSPS) is 18.8. The molecule has 3 N–H and O–H groups in total. The minimum Gasteiger partial charge on any atom is -0.378 e. The molecule has 20 heavy (non-hydrogen) atoms. The fraction of sp³-hybridized carbons (Fsp3) is 0.562. The molecule has 0 radical (unpaired) electrons. The number of nitrogens with one attached hydrogen (secondary N) is 1. The van der Waals surface area contributed by atoms with Crippen molar-refractivity contribution in [1.29, 1.82) is 0 Å². The van der Waals surface area contributed by atoms with E-state index in [1.165, 1.54) is 12.0 Å². The number of benzene rings is 1. The third-order valence-corrected chi connectivity index (χ3v) is 3.67. The SMILES string of the molecule is NCCc1ccc(C(=O)NCCC2CCCCO2)cc1. The second-order valence-electron chi connectivity index (χ2n) is 5.27. The van der Waals surface area contributed by atoms with Crippen LogP contribution in [-0.2, 0) is 11.2 Å². The lowest BCUT2D eigenvalue weighted by atomic mass is 10.1. The van der Waals surface area contributed by atoms with Crippen LogP contribution in [0.2, 0.25) is 0 Å². The Balaban J connectivity index is 1.73. The molecule has 1 aliphatic rings. The molecule has 0 aliphatic carbocycles. The summed E-state index contributed by atoms with van der Waals surface area (Å²) in [6, 6.07) is 7.65. The maximum atomic E-state index is 12.0. The number of carbonyl (C=O) groups is 1. The molecule has 110 valence electrons. The van der Waals surface area contributed by atoms with Crippen molar-refractivity contribution in [2.24, 2.45) is 5.73 Å². The lowest BCUT2D eigenvalue weighted by Gasteiger charge is -2.22. The van der Waals surface area contributed by atoms with Gasteiger partial charge in [-0.05, 0) is 56.3 Å². The first kappa shape index (κ1) is 15.0. The molecule has 0 spiro atoms. The predicted octanol–water partition coefficient (Wildman–Crippen LogP) is 1.88. The van der Waals surface area contributed by atoms with E-state index in [1.807, 2.05) is 24.3 Å². The molecule has 0 saturated carbocycles. The van der Waals surface area contributed by atoms with Gasteiger partial charge in [-0.15, -0.1) is 0 Å². The fourth-order valence-electron chi connectivity index (χ4n) is 2.47. The van der Waals surface area contributed by atoms with Gasteiger partial charge in [0.15, 0.2) is 0 Å². The standard InChI is InChI=1S/C16H24N2O2/c17-10-8-13-4-6-14(7-5-13)16(19)18-11-9-15-3-1-2-12-20-15/h4-7,15H,1-3,8-12,17H2,(H,18,19). The predicted molar refractivity (Wildman–Crippen MR) is 79.7 cm³/mol. The van der Waals surface area contributed by atoms with Crippen LogP contribution in [0.15, 0.2) is 24.3 Å². The van der Waals surface area contributed by atoms with Crippen molar-refractivity contribution in [2.75, 3.05) is 19.7 Å². The van der Waals surface area contributed by atoms with E-state index in [9.17, 15) is 4.79 Å². The summed E-state index contributed by atoms with van der Waals surface area (Å²) in [5.41, 5.74) is 7.37. The zero-order valence-electron chi connectivity index (χ0n) is 11.9. The summed E-state index contributed by atoms with van der Waals surface area (Å²) in [4.78, 5) is 12.0. The molecule has 0 bridgehead atoms. The van der Waals surface area contributed by atoms with Gasteiger partial charge < -0.3 is 15.8 Å². The van der Waals surface area contributed by atoms with Crippen LogP contribution in [0, 0.1) is 0 Å². The molecule has 1 aromatic carbocycles. The van der Waals surface area contributed by atoms with E-state index in [0.717, 1.165) is 32.3 Å². The van der Waals surface area contributed by atoms with Gasteiger partial charge in [-0.25, -0.2) is 0 Å². The molecule has 1 heterocycles. The van der Waals surface area contributed by atoms with Gasteiger partial charge in [0.2, 0.25) is 0 Å². The zero-order valence-corrected chi connectivity index (χ0v) is 11.9. The summed E-state index contributed by atoms with van der Waals surface area (Å²) in [5.74, 6) is -0.0138. The van der Waals surface area contributed by atoms with E-state index in [2.05, 4.69) is 5.32 Å². The summed E-state index contributed by atoms with van der Waals surface area (Å²) in [6.45, 7) is 2.17. The van der Waals surface area contributed by atoms with Crippen LogP contribution >= 0.6 is 0 Å². The number of amides is 1. The van der Waals surface area contributed by atoms with E-state index in [4.69, 9.17) is 10.5 Å². The number of carbonyl (C=O) groups excluding carboxylic acids is 1. The Morgan fingerprint density at radius 2 is 2.10 bits per heavy atom. The second-order valence-corrected chi connectivity index (χ2v) is 5.27. The van der Waals surface area contributed by atoms with Crippen molar-refractivity contribution in [1.82, 2.24) is 5.32 Å². The molecular weight excluding hydrogens is 252 g/mol. The van der Waals surface area contributed by atoms with Crippen molar-refractivity contribution in [2.45, 2.75) is 38.2 Å². The number of hydrogen-bond acceptors (Lipinski definition) is 3. The lowest BCUT2D eigenvalue weighted by molar-refractivity contribution is 0.0117. The summed E-state index contributed by atoms with van der Waals surface area (Å²) in [6.07, 6.45) is 5.58. The Bertz CT molecular complexity index is 411. The largest absolute Gasteiger partial charge is 0.378 e. The Hall–Kier alpha value is -1.39. The van der Waals surface area contributed by atoms with Gasteiger partial charge in [0.1, 0.15) is 0 Å². The van der Waals surface area contributed by atoms with Crippen molar-refractivity contribution in [3.63, 3.8) is 0 Å². The van der Waals surface area contributed by atoms with Crippen molar-refractivity contribution in [3.8, 4) is 0 Å². The van der Waals surface area contributed by atoms with Crippen molar-refractivity contribution < 1.29 is 9.53 Å². The quantitative estimate of drug-likeness (QED) is 0.834. The van der Waals surface area contributed by atoms with Gasteiger partial charge in [-0.1, -0.05) is 12.1 Å². The first-order valence-corrected chi connectivity index (χ1v) is 7.48. The second kappa shape index (κ2) is 8.02. The first-order chi connectivity index (χ1) is 9.79. The average Bonchev–Trinajstić information content (AvgIpc) is 2.49. The zero-order chi connectivity index (χ0) is 14.2. The lowest BCUT2D eigenvalue weighted by Crippen LogP contribution is -2.29. The highest BCUT2D eigenvalue weighted by molar-refractivity contribution is 5.94. The van der Waals surface area contributed by atoms with Crippen molar-refractivity contribution >= 4 is 5.91 Å². The van der Waals surface area contributed by atoms with Gasteiger partial charge in [-0.3, -0.25) is 4.79 Å². The van der Waals surface area contributed by atoms with E-state index in [0.29, 0.717) is 24.8 Å². The summed E-state index contributed by atoms with van der Waals surface area (Å²) >= 11 is 0. The number of rotatable bonds is 6. The number of ether oxygens (including phenoxy) is 1. The van der Waals surface area contributed by atoms with Crippen LogP contribution in [0.4, 0.5) is 0 Å². The monoisotopic (exact) mass is 276 g/mol.